The van der Waals surface area contributed by atoms with Crippen LogP contribution in [0.15, 0.2) is 12.1 Å². The number of halogens is 1. The average molecular weight is 301 g/mol. The number of carboxylic acid groups (broad SMARTS) is 1. The molecule has 0 bridgehead atoms. The summed E-state index contributed by atoms with van der Waals surface area (Å²) in [5.41, 5.74) is 4.67. The number of nitrogens with two attached hydrogens (primary N) is 1. The highest BCUT2D eigenvalue weighted by Crippen LogP contribution is 2.29. The third-order valence-electron chi connectivity index (χ3n) is 3.13. The van der Waals surface area contributed by atoms with E-state index < -0.39 is 17.4 Å². The van der Waals surface area contributed by atoms with E-state index in [0.29, 0.717) is 0 Å². The Balaban J connectivity index is 3.15. The van der Waals surface area contributed by atoms with Gasteiger partial charge in [-0.15, -0.1) is 0 Å². The largest absolute Gasteiger partial charge is 0.496 e. The van der Waals surface area contributed by atoms with Crippen molar-refractivity contribution in [2.24, 2.45) is 0 Å². The van der Waals surface area contributed by atoms with E-state index in [1.807, 2.05) is 0 Å². The quantitative estimate of drug-likeness (QED) is 0.721. The number of aliphatic carboxylic acids is 1. The van der Waals surface area contributed by atoms with E-state index in [4.69, 9.17) is 27.2 Å². The first kappa shape index (κ1) is 16.1. The first-order chi connectivity index (χ1) is 9.25. The molecule has 0 aliphatic carbocycles. The molecular formula is C13H17ClN2O4. The van der Waals surface area contributed by atoms with Gasteiger partial charge in [0.25, 0.3) is 5.91 Å². The number of carboxylic acids is 1. The number of nitrogens with one attached hydrogen (secondary N) is 1. The topological polar surface area (TPSA) is 102 Å². The second-order valence-corrected chi connectivity index (χ2v) is 4.93. The van der Waals surface area contributed by atoms with Gasteiger partial charge >= 0.3 is 5.97 Å². The number of anilines is 1. The molecule has 0 radical (unpaired) electrons. The van der Waals surface area contributed by atoms with Gasteiger partial charge in [-0.2, -0.15) is 0 Å². The van der Waals surface area contributed by atoms with Crippen LogP contribution in [-0.4, -0.2) is 29.6 Å². The zero-order valence-electron chi connectivity index (χ0n) is 11.5. The average Bonchev–Trinajstić information content (AvgIpc) is 2.40. The van der Waals surface area contributed by atoms with E-state index in [2.05, 4.69) is 5.32 Å². The lowest BCUT2D eigenvalue weighted by Gasteiger charge is -2.25. The molecule has 0 spiro atoms. The molecule has 1 atom stereocenters. The highest BCUT2D eigenvalue weighted by atomic mass is 35.5. The second-order valence-electron chi connectivity index (χ2n) is 4.52. The lowest BCUT2D eigenvalue weighted by atomic mass is 9.98. The lowest BCUT2D eigenvalue weighted by molar-refractivity contribution is -0.143. The van der Waals surface area contributed by atoms with Crippen LogP contribution >= 0.6 is 11.6 Å². The summed E-state index contributed by atoms with van der Waals surface area (Å²) in [4.78, 5) is 23.4. The standard InChI is InChI=1S/C13H17ClN2O4/c1-4-13(2,12(18)19)16-11(17)7-5-8(14)9(15)6-10(7)20-3/h5-6H,4,15H2,1-3H3,(H,16,17)(H,18,19)/t13-/m0/s1. The van der Waals surface area contributed by atoms with Crippen molar-refractivity contribution < 1.29 is 19.4 Å². The van der Waals surface area contributed by atoms with Crippen LogP contribution in [-0.2, 0) is 4.79 Å². The van der Waals surface area contributed by atoms with Crippen molar-refractivity contribution in [2.45, 2.75) is 25.8 Å². The van der Waals surface area contributed by atoms with Crippen molar-refractivity contribution in [3.8, 4) is 5.75 Å². The molecule has 1 amide bonds. The van der Waals surface area contributed by atoms with E-state index in [1.165, 1.54) is 26.2 Å². The zero-order chi connectivity index (χ0) is 15.5. The van der Waals surface area contributed by atoms with Crippen molar-refractivity contribution >= 4 is 29.2 Å². The fraction of sp³-hybridized carbons (Fsp3) is 0.385. The minimum atomic E-state index is -1.37. The number of benzene rings is 1. The fourth-order valence-corrected chi connectivity index (χ4v) is 1.69. The van der Waals surface area contributed by atoms with E-state index in [0.717, 1.165) is 0 Å². The molecule has 4 N–H and O–H groups in total. The molecule has 1 rings (SSSR count). The van der Waals surface area contributed by atoms with Crippen LogP contribution in [0.4, 0.5) is 5.69 Å². The summed E-state index contributed by atoms with van der Waals surface area (Å²) in [7, 11) is 1.38. The number of amides is 1. The van der Waals surface area contributed by atoms with Crippen molar-refractivity contribution in [3.63, 3.8) is 0 Å². The molecule has 0 heterocycles. The molecule has 1 aromatic rings. The molecule has 0 fully saturated rings. The zero-order valence-corrected chi connectivity index (χ0v) is 12.2. The molecule has 0 aromatic heterocycles. The number of carbonyl (C=O) groups is 2. The Bertz CT molecular complexity index is 547. The summed E-state index contributed by atoms with van der Waals surface area (Å²) in [5, 5.41) is 11.8. The number of carbonyl (C=O) groups excluding carboxylic acids is 1. The second kappa shape index (κ2) is 6.00. The Labute approximate surface area is 121 Å². The van der Waals surface area contributed by atoms with E-state index in [9.17, 15) is 9.59 Å². The number of rotatable bonds is 5. The maximum absolute atomic E-state index is 12.2. The van der Waals surface area contributed by atoms with Crippen LogP contribution < -0.4 is 15.8 Å². The minimum Gasteiger partial charge on any atom is -0.496 e. The van der Waals surface area contributed by atoms with Gasteiger partial charge in [0.2, 0.25) is 0 Å². The summed E-state index contributed by atoms with van der Waals surface area (Å²) in [6, 6.07) is 2.77. The Kier molecular flexibility index (Phi) is 4.83. The van der Waals surface area contributed by atoms with Crippen LogP contribution in [0.2, 0.25) is 5.02 Å². The van der Waals surface area contributed by atoms with E-state index in [1.54, 1.807) is 6.92 Å². The molecule has 0 saturated heterocycles. The first-order valence-corrected chi connectivity index (χ1v) is 6.32. The molecule has 0 aliphatic rings. The van der Waals surface area contributed by atoms with Gasteiger partial charge in [-0.3, -0.25) is 4.79 Å². The maximum Gasteiger partial charge on any atom is 0.329 e. The summed E-state index contributed by atoms with van der Waals surface area (Å²) >= 11 is 5.88. The molecule has 0 saturated carbocycles. The predicted octanol–water partition coefficient (Wildman–Crippen LogP) is 1.91. The van der Waals surface area contributed by atoms with Gasteiger partial charge < -0.3 is 20.9 Å². The summed E-state index contributed by atoms with van der Waals surface area (Å²) in [6.07, 6.45) is 0.235. The molecule has 1 aromatic carbocycles. The Morgan fingerprint density at radius 2 is 2.10 bits per heavy atom. The van der Waals surface area contributed by atoms with Gasteiger partial charge in [-0.1, -0.05) is 18.5 Å². The number of ether oxygens (including phenoxy) is 1. The van der Waals surface area contributed by atoms with E-state index in [-0.39, 0.29) is 28.4 Å². The smallest absolute Gasteiger partial charge is 0.329 e. The summed E-state index contributed by atoms with van der Waals surface area (Å²) in [6.45, 7) is 3.10. The van der Waals surface area contributed by atoms with Gasteiger partial charge in [0.15, 0.2) is 0 Å². The van der Waals surface area contributed by atoms with Crippen molar-refractivity contribution in [3.05, 3.63) is 22.7 Å². The minimum absolute atomic E-state index is 0.132. The third kappa shape index (κ3) is 3.14. The SMILES string of the molecule is CC[C@](C)(NC(=O)c1cc(Cl)c(N)cc1OC)C(=O)O. The van der Waals surface area contributed by atoms with Crippen LogP contribution in [0.3, 0.4) is 0 Å². The molecule has 7 heteroatoms. The number of nitrogen functional groups attached to an aromatic ring is 1. The number of hydrogen-bond donors (Lipinski definition) is 3. The van der Waals surface area contributed by atoms with Gasteiger partial charge in [-0.25, -0.2) is 4.79 Å². The Morgan fingerprint density at radius 1 is 1.50 bits per heavy atom. The van der Waals surface area contributed by atoms with Crippen LogP contribution in [0.5, 0.6) is 5.75 Å². The van der Waals surface area contributed by atoms with Gasteiger partial charge in [0, 0.05) is 6.07 Å². The molecule has 0 unspecified atom stereocenters. The summed E-state index contributed by atoms with van der Waals surface area (Å²) in [5.74, 6) is -1.47. The van der Waals surface area contributed by atoms with Crippen LogP contribution in [0, 0.1) is 0 Å². The Hall–Kier alpha value is -1.95. The fourth-order valence-electron chi connectivity index (χ4n) is 1.53. The highest BCUT2D eigenvalue weighted by molar-refractivity contribution is 6.33. The normalized spacial score (nSPS) is 13.4. The molecule has 0 aliphatic heterocycles. The number of hydrogen-bond acceptors (Lipinski definition) is 4. The molecule has 6 nitrogen and oxygen atoms in total. The van der Waals surface area contributed by atoms with Crippen LogP contribution in [0.1, 0.15) is 30.6 Å². The van der Waals surface area contributed by atoms with Gasteiger partial charge in [0.05, 0.1) is 23.4 Å². The number of methoxy groups -OCH3 is 1. The van der Waals surface area contributed by atoms with Gasteiger partial charge in [0.1, 0.15) is 11.3 Å². The van der Waals surface area contributed by atoms with Crippen molar-refractivity contribution in [2.75, 3.05) is 12.8 Å². The highest BCUT2D eigenvalue weighted by Gasteiger charge is 2.33. The van der Waals surface area contributed by atoms with Crippen molar-refractivity contribution in [1.29, 1.82) is 0 Å². The Morgan fingerprint density at radius 3 is 2.55 bits per heavy atom. The molecular weight excluding hydrogens is 284 g/mol. The van der Waals surface area contributed by atoms with Crippen LogP contribution in [0.25, 0.3) is 0 Å². The lowest BCUT2D eigenvalue weighted by Crippen LogP contribution is -2.51. The first-order valence-electron chi connectivity index (χ1n) is 5.94. The van der Waals surface area contributed by atoms with E-state index >= 15 is 0 Å². The molecule has 20 heavy (non-hydrogen) atoms. The third-order valence-corrected chi connectivity index (χ3v) is 3.46. The van der Waals surface area contributed by atoms with Gasteiger partial charge in [-0.05, 0) is 19.4 Å². The molecule has 110 valence electrons. The monoisotopic (exact) mass is 300 g/mol. The maximum atomic E-state index is 12.2. The summed E-state index contributed by atoms with van der Waals surface area (Å²) < 4.78 is 5.06. The predicted molar refractivity (Wildman–Crippen MR) is 76.2 cm³/mol. The van der Waals surface area contributed by atoms with Crippen molar-refractivity contribution in [1.82, 2.24) is 5.32 Å².